The maximum atomic E-state index is 12.3. The summed E-state index contributed by atoms with van der Waals surface area (Å²) in [6.07, 6.45) is 2.19. The zero-order chi connectivity index (χ0) is 19.6. The van der Waals surface area contributed by atoms with Gasteiger partial charge in [-0.2, -0.15) is 0 Å². The molecule has 0 fully saturated rings. The van der Waals surface area contributed by atoms with Crippen LogP contribution in [0.1, 0.15) is 43.4 Å². The summed E-state index contributed by atoms with van der Waals surface area (Å²) in [4.78, 5) is 12.3. The molecule has 0 aromatic heterocycles. The molecule has 146 valence electrons. The molecule has 0 saturated heterocycles. The van der Waals surface area contributed by atoms with Gasteiger partial charge in [0, 0.05) is 6.54 Å². The van der Waals surface area contributed by atoms with Gasteiger partial charge in [0.1, 0.15) is 11.5 Å². The van der Waals surface area contributed by atoms with Crippen molar-refractivity contribution >= 4 is 5.91 Å². The number of amides is 1. The zero-order valence-electron chi connectivity index (χ0n) is 16.9. The van der Waals surface area contributed by atoms with Gasteiger partial charge in [-0.05, 0) is 68.9 Å². The number of carbonyl (C=O) groups is 1. The second kappa shape index (κ2) is 10.6. The van der Waals surface area contributed by atoms with Crippen molar-refractivity contribution in [1.82, 2.24) is 5.32 Å². The fraction of sp³-hybridized carbons (Fsp3) is 0.435. The fourth-order valence-electron chi connectivity index (χ4n) is 2.78. The number of hydrogen-bond donors (Lipinski definition) is 1. The molecular formula is C23H31NO3. The highest BCUT2D eigenvalue weighted by molar-refractivity contribution is 5.80. The molecule has 0 heterocycles. The van der Waals surface area contributed by atoms with Crippen molar-refractivity contribution in [3.8, 4) is 11.5 Å². The van der Waals surface area contributed by atoms with E-state index < -0.39 is 6.10 Å². The second-order valence-electron chi connectivity index (χ2n) is 6.88. The molecule has 1 amide bonds. The number of ether oxygens (including phenoxy) is 2. The number of nitrogens with one attached hydrogen (secondary N) is 1. The fourth-order valence-corrected chi connectivity index (χ4v) is 2.78. The lowest BCUT2D eigenvalue weighted by Gasteiger charge is -2.17. The van der Waals surface area contributed by atoms with Gasteiger partial charge in [-0.1, -0.05) is 37.3 Å². The van der Waals surface area contributed by atoms with Crippen molar-refractivity contribution in [2.24, 2.45) is 0 Å². The van der Waals surface area contributed by atoms with Gasteiger partial charge in [-0.15, -0.1) is 0 Å². The molecule has 0 saturated carbocycles. The molecule has 0 spiro atoms. The first-order valence-corrected chi connectivity index (χ1v) is 9.73. The molecule has 0 aliphatic heterocycles. The summed E-state index contributed by atoms with van der Waals surface area (Å²) in [5.41, 5.74) is 3.33. The van der Waals surface area contributed by atoms with E-state index in [0.29, 0.717) is 6.54 Å². The summed E-state index contributed by atoms with van der Waals surface area (Å²) in [5, 5.41) is 2.96. The third kappa shape index (κ3) is 6.63. The van der Waals surface area contributed by atoms with Gasteiger partial charge in [0.25, 0.3) is 5.91 Å². The van der Waals surface area contributed by atoms with Crippen LogP contribution in [-0.2, 0) is 11.2 Å². The number of hydrogen-bond acceptors (Lipinski definition) is 3. The molecule has 4 nitrogen and oxygen atoms in total. The summed E-state index contributed by atoms with van der Waals surface area (Å²) >= 11 is 0. The van der Waals surface area contributed by atoms with E-state index in [4.69, 9.17) is 9.47 Å². The molecule has 2 aromatic rings. The van der Waals surface area contributed by atoms with Crippen molar-refractivity contribution in [2.45, 2.75) is 53.1 Å². The number of rotatable bonds is 10. The van der Waals surface area contributed by atoms with Crippen LogP contribution in [0.3, 0.4) is 0 Å². The Morgan fingerprint density at radius 1 is 1.11 bits per heavy atom. The normalized spacial score (nSPS) is 11.7. The molecular weight excluding hydrogens is 338 g/mol. The smallest absolute Gasteiger partial charge is 0.260 e. The molecule has 0 aliphatic carbocycles. The van der Waals surface area contributed by atoms with E-state index >= 15 is 0 Å². The van der Waals surface area contributed by atoms with Crippen LogP contribution in [0.4, 0.5) is 0 Å². The summed E-state index contributed by atoms with van der Waals surface area (Å²) < 4.78 is 11.6. The predicted octanol–water partition coefficient (Wildman–Crippen LogP) is 4.61. The Morgan fingerprint density at radius 2 is 1.89 bits per heavy atom. The van der Waals surface area contributed by atoms with Crippen molar-refractivity contribution in [1.29, 1.82) is 0 Å². The highest BCUT2D eigenvalue weighted by atomic mass is 16.5. The minimum absolute atomic E-state index is 0.0913. The van der Waals surface area contributed by atoms with Crippen LogP contribution >= 0.6 is 0 Å². The van der Waals surface area contributed by atoms with Crippen LogP contribution in [0, 0.1) is 13.8 Å². The predicted molar refractivity (Wildman–Crippen MR) is 110 cm³/mol. The summed E-state index contributed by atoms with van der Waals surface area (Å²) in [6.45, 7) is 9.21. The lowest BCUT2D eigenvalue weighted by atomic mass is 10.1. The van der Waals surface area contributed by atoms with E-state index in [1.807, 2.05) is 50.2 Å². The van der Waals surface area contributed by atoms with E-state index in [0.717, 1.165) is 48.5 Å². The number of para-hydroxylation sites is 1. The van der Waals surface area contributed by atoms with Crippen molar-refractivity contribution in [2.75, 3.05) is 13.2 Å². The zero-order valence-corrected chi connectivity index (χ0v) is 16.9. The van der Waals surface area contributed by atoms with Gasteiger partial charge in [0.05, 0.1) is 6.61 Å². The van der Waals surface area contributed by atoms with Crippen LogP contribution in [0.2, 0.25) is 0 Å². The number of aryl methyl sites for hydroxylation is 3. The first kappa shape index (κ1) is 20.8. The van der Waals surface area contributed by atoms with Crippen LogP contribution in [-0.4, -0.2) is 25.2 Å². The van der Waals surface area contributed by atoms with Gasteiger partial charge < -0.3 is 14.8 Å². The van der Waals surface area contributed by atoms with E-state index in [-0.39, 0.29) is 5.91 Å². The Balaban J connectivity index is 1.78. The minimum atomic E-state index is -0.523. The topological polar surface area (TPSA) is 47.6 Å². The third-order valence-electron chi connectivity index (χ3n) is 4.37. The van der Waals surface area contributed by atoms with E-state index in [2.05, 4.69) is 18.3 Å². The quantitative estimate of drug-likeness (QED) is 0.622. The monoisotopic (exact) mass is 369 g/mol. The SMILES string of the molecule is CCCOc1ccccc1CCCNC(=O)[C@@H](C)Oc1cc(C)ccc1C. The van der Waals surface area contributed by atoms with Crippen LogP contribution in [0.15, 0.2) is 42.5 Å². The van der Waals surface area contributed by atoms with E-state index in [1.54, 1.807) is 6.92 Å². The van der Waals surface area contributed by atoms with Gasteiger partial charge in [-0.25, -0.2) is 0 Å². The first-order chi connectivity index (χ1) is 13.0. The maximum Gasteiger partial charge on any atom is 0.260 e. The van der Waals surface area contributed by atoms with Gasteiger partial charge in [0.15, 0.2) is 6.10 Å². The lowest BCUT2D eigenvalue weighted by Crippen LogP contribution is -2.37. The average Bonchev–Trinajstić information content (AvgIpc) is 2.67. The minimum Gasteiger partial charge on any atom is -0.493 e. The van der Waals surface area contributed by atoms with Crippen molar-refractivity contribution < 1.29 is 14.3 Å². The number of benzene rings is 2. The second-order valence-corrected chi connectivity index (χ2v) is 6.88. The molecule has 0 bridgehead atoms. The highest BCUT2D eigenvalue weighted by Gasteiger charge is 2.15. The summed E-state index contributed by atoms with van der Waals surface area (Å²) in [7, 11) is 0. The molecule has 27 heavy (non-hydrogen) atoms. The molecule has 4 heteroatoms. The van der Waals surface area contributed by atoms with Crippen LogP contribution in [0.25, 0.3) is 0 Å². The maximum absolute atomic E-state index is 12.3. The molecule has 0 radical (unpaired) electrons. The van der Waals surface area contributed by atoms with E-state index in [9.17, 15) is 4.79 Å². The Labute approximate surface area is 162 Å². The van der Waals surface area contributed by atoms with E-state index in [1.165, 1.54) is 5.56 Å². The molecule has 0 unspecified atom stereocenters. The first-order valence-electron chi connectivity index (χ1n) is 9.73. The molecule has 1 atom stereocenters. The molecule has 1 N–H and O–H groups in total. The standard InChI is InChI=1S/C23H31NO3/c1-5-15-26-21-11-7-6-9-20(21)10-8-14-24-23(25)19(4)27-22-16-17(2)12-13-18(22)3/h6-7,9,11-13,16,19H,5,8,10,14-15H2,1-4H3,(H,24,25)/t19-/m1/s1. The highest BCUT2D eigenvalue weighted by Crippen LogP contribution is 2.21. The van der Waals surface area contributed by atoms with Crippen LogP contribution < -0.4 is 14.8 Å². The van der Waals surface area contributed by atoms with Gasteiger partial charge in [-0.3, -0.25) is 4.79 Å². The Bertz CT molecular complexity index is 742. The van der Waals surface area contributed by atoms with Crippen LogP contribution in [0.5, 0.6) is 11.5 Å². The molecule has 0 aliphatic rings. The third-order valence-corrected chi connectivity index (χ3v) is 4.37. The Kier molecular flexibility index (Phi) is 8.18. The summed E-state index contributed by atoms with van der Waals surface area (Å²) in [5.74, 6) is 1.61. The van der Waals surface area contributed by atoms with Gasteiger partial charge in [0.2, 0.25) is 0 Å². The lowest BCUT2D eigenvalue weighted by molar-refractivity contribution is -0.127. The average molecular weight is 370 g/mol. The largest absolute Gasteiger partial charge is 0.493 e. The molecule has 2 rings (SSSR count). The Morgan fingerprint density at radius 3 is 2.67 bits per heavy atom. The van der Waals surface area contributed by atoms with Crippen molar-refractivity contribution in [3.63, 3.8) is 0 Å². The Hall–Kier alpha value is -2.49. The molecule has 2 aromatic carbocycles. The van der Waals surface area contributed by atoms with Crippen molar-refractivity contribution in [3.05, 3.63) is 59.2 Å². The number of carbonyl (C=O) groups excluding carboxylic acids is 1. The summed E-state index contributed by atoms with van der Waals surface area (Å²) in [6, 6.07) is 14.1. The van der Waals surface area contributed by atoms with Gasteiger partial charge >= 0.3 is 0 Å².